The second-order valence-corrected chi connectivity index (χ2v) is 6.58. The zero-order valence-corrected chi connectivity index (χ0v) is 11.5. The van der Waals surface area contributed by atoms with E-state index in [9.17, 15) is 8.42 Å². The van der Waals surface area contributed by atoms with Crippen LogP contribution in [0.4, 0.5) is 0 Å². The Bertz CT molecular complexity index is 456. The van der Waals surface area contributed by atoms with Gasteiger partial charge >= 0.3 is 0 Å². The monoisotopic (exact) mass is 296 g/mol. The van der Waals surface area contributed by atoms with Crippen molar-refractivity contribution in [3.8, 4) is 0 Å². The van der Waals surface area contributed by atoms with Crippen molar-refractivity contribution in [1.29, 1.82) is 0 Å². The first-order valence-electron chi connectivity index (χ1n) is 5.11. The highest BCUT2D eigenvalue weighted by Gasteiger charge is 2.28. The van der Waals surface area contributed by atoms with Crippen LogP contribution in [0.2, 0.25) is 5.15 Å². The van der Waals surface area contributed by atoms with E-state index >= 15 is 0 Å². The number of rotatable bonds is 3. The van der Waals surface area contributed by atoms with Crippen molar-refractivity contribution in [3.63, 3.8) is 0 Å². The molecule has 4 nitrogen and oxygen atoms in total. The molecule has 1 fully saturated rings. The van der Waals surface area contributed by atoms with Crippen molar-refractivity contribution in [3.05, 3.63) is 29.0 Å². The summed E-state index contributed by atoms with van der Waals surface area (Å²) in [7, 11) is -3.07. The summed E-state index contributed by atoms with van der Waals surface area (Å²) in [6, 6.07) is 3.31. The van der Waals surface area contributed by atoms with Gasteiger partial charge in [0.2, 0.25) is 0 Å². The normalized spacial score (nSPS) is 19.9. The second-order valence-electron chi connectivity index (χ2n) is 3.91. The van der Waals surface area contributed by atoms with E-state index in [2.05, 4.69) is 10.3 Å². The lowest BCUT2D eigenvalue weighted by molar-refractivity contribution is 0.582. The molecule has 96 valence electrons. The van der Waals surface area contributed by atoms with E-state index < -0.39 is 9.84 Å². The molecule has 0 saturated carbocycles. The summed E-state index contributed by atoms with van der Waals surface area (Å²) in [4.78, 5) is 3.88. The Balaban J connectivity index is 0.00000144. The molecular formula is C10H14Cl2N2O2S. The quantitative estimate of drug-likeness (QED) is 0.858. The standard InChI is InChI=1S/C10H13ClN2O2S.ClH/c11-10-2-1-8(5-13-10)7-16(14,15)9-3-4-12-6-9;/h1-2,5,9,12H,3-4,6-7H2;1H. The average molecular weight is 297 g/mol. The molecule has 17 heavy (non-hydrogen) atoms. The molecule has 0 spiro atoms. The van der Waals surface area contributed by atoms with Gasteiger partial charge in [-0.25, -0.2) is 13.4 Å². The van der Waals surface area contributed by atoms with Gasteiger partial charge in [0, 0.05) is 12.7 Å². The maximum absolute atomic E-state index is 12.0. The number of aromatic nitrogens is 1. The van der Waals surface area contributed by atoms with Crippen LogP contribution in [-0.2, 0) is 15.6 Å². The molecule has 2 heterocycles. The zero-order chi connectivity index (χ0) is 11.6. The smallest absolute Gasteiger partial charge is 0.158 e. The van der Waals surface area contributed by atoms with Gasteiger partial charge in [-0.2, -0.15) is 0 Å². The molecule has 0 aliphatic carbocycles. The lowest BCUT2D eigenvalue weighted by Gasteiger charge is -2.09. The maximum atomic E-state index is 12.0. The number of nitrogens with one attached hydrogen (secondary N) is 1. The number of hydrogen-bond acceptors (Lipinski definition) is 4. The van der Waals surface area contributed by atoms with Crippen LogP contribution >= 0.6 is 24.0 Å². The van der Waals surface area contributed by atoms with Crippen LogP contribution in [0.15, 0.2) is 18.3 Å². The molecule has 0 aromatic carbocycles. The fourth-order valence-electron chi connectivity index (χ4n) is 1.78. The van der Waals surface area contributed by atoms with Gasteiger partial charge in [0.05, 0.1) is 11.0 Å². The van der Waals surface area contributed by atoms with Crippen LogP contribution in [0.3, 0.4) is 0 Å². The minimum atomic E-state index is -3.07. The Hall–Kier alpha value is -0.360. The van der Waals surface area contributed by atoms with Crippen LogP contribution in [0.25, 0.3) is 0 Å². The molecule has 1 aliphatic rings. The second kappa shape index (κ2) is 6.00. The number of pyridine rings is 1. The molecule has 0 bridgehead atoms. The molecule has 1 aliphatic heterocycles. The van der Waals surface area contributed by atoms with E-state index in [-0.39, 0.29) is 23.4 Å². The van der Waals surface area contributed by atoms with Gasteiger partial charge in [-0.1, -0.05) is 17.7 Å². The minimum Gasteiger partial charge on any atom is -0.315 e. The molecule has 1 unspecified atom stereocenters. The van der Waals surface area contributed by atoms with Crippen LogP contribution in [-0.4, -0.2) is 31.7 Å². The van der Waals surface area contributed by atoms with Crippen molar-refractivity contribution >= 4 is 33.8 Å². The fraction of sp³-hybridized carbons (Fsp3) is 0.500. The Morgan fingerprint density at radius 1 is 1.47 bits per heavy atom. The van der Waals surface area contributed by atoms with Crippen molar-refractivity contribution in [2.24, 2.45) is 0 Å². The average Bonchev–Trinajstić information content (AvgIpc) is 2.75. The van der Waals surface area contributed by atoms with E-state index in [1.54, 1.807) is 12.1 Å². The van der Waals surface area contributed by atoms with Gasteiger partial charge in [0.15, 0.2) is 9.84 Å². The summed E-state index contributed by atoms with van der Waals surface area (Å²) in [5, 5.41) is 3.17. The van der Waals surface area contributed by atoms with E-state index in [0.717, 1.165) is 6.54 Å². The molecular weight excluding hydrogens is 283 g/mol. The molecule has 1 aromatic rings. The van der Waals surface area contributed by atoms with Crippen LogP contribution in [0.1, 0.15) is 12.0 Å². The van der Waals surface area contributed by atoms with Crippen molar-refractivity contribution < 1.29 is 8.42 Å². The number of hydrogen-bond donors (Lipinski definition) is 1. The zero-order valence-electron chi connectivity index (χ0n) is 9.10. The van der Waals surface area contributed by atoms with Crippen molar-refractivity contribution in [2.75, 3.05) is 13.1 Å². The molecule has 1 aromatic heterocycles. The third-order valence-electron chi connectivity index (χ3n) is 2.68. The van der Waals surface area contributed by atoms with E-state index in [0.29, 0.717) is 23.7 Å². The highest BCUT2D eigenvalue weighted by molar-refractivity contribution is 7.91. The van der Waals surface area contributed by atoms with E-state index in [1.807, 2.05) is 0 Å². The van der Waals surface area contributed by atoms with Gasteiger partial charge in [0.1, 0.15) is 5.15 Å². The largest absolute Gasteiger partial charge is 0.315 e. The molecule has 1 saturated heterocycles. The number of halogens is 2. The first kappa shape index (κ1) is 14.7. The van der Waals surface area contributed by atoms with Crippen molar-refractivity contribution in [1.82, 2.24) is 10.3 Å². The van der Waals surface area contributed by atoms with E-state index in [1.165, 1.54) is 6.20 Å². The Labute approximate surface area is 112 Å². The molecule has 1 atom stereocenters. The predicted octanol–water partition coefficient (Wildman–Crippen LogP) is 1.43. The maximum Gasteiger partial charge on any atom is 0.158 e. The van der Waals surface area contributed by atoms with Crippen LogP contribution in [0.5, 0.6) is 0 Å². The molecule has 1 N–H and O–H groups in total. The predicted molar refractivity (Wildman–Crippen MR) is 70.4 cm³/mol. The number of nitrogens with zero attached hydrogens (tertiary/aromatic N) is 1. The highest BCUT2D eigenvalue weighted by atomic mass is 35.5. The fourth-order valence-corrected chi connectivity index (χ4v) is 3.61. The summed E-state index contributed by atoms with van der Waals surface area (Å²) in [5.41, 5.74) is 0.691. The Morgan fingerprint density at radius 2 is 2.24 bits per heavy atom. The number of sulfone groups is 1. The third kappa shape index (κ3) is 3.81. The molecule has 0 amide bonds. The summed E-state index contributed by atoms with van der Waals surface area (Å²) in [6.07, 6.45) is 2.21. The van der Waals surface area contributed by atoms with Gasteiger partial charge in [0.25, 0.3) is 0 Å². The van der Waals surface area contributed by atoms with Crippen LogP contribution in [0, 0.1) is 0 Å². The topological polar surface area (TPSA) is 59.1 Å². The lowest BCUT2D eigenvalue weighted by atomic mass is 10.3. The van der Waals surface area contributed by atoms with Crippen molar-refractivity contribution in [2.45, 2.75) is 17.4 Å². The molecule has 0 radical (unpaired) electrons. The third-order valence-corrected chi connectivity index (χ3v) is 5.06. The summed E-state index contributed by atoms with van der Waals surface area (Å²) < 4.78 is 24.0. The van der Waals surface area contributed by atoms with E-state index in [4.69, 9.17) is 11.6 Å². The lowest BCUT2D eigenvalue weighted by Crippen LogP contribution is -2.25. The Morgan fingerprint density at radius 3 is 2.76 bits per heavy atom. The van der Waals surface area contributed by atoms with Gasteiger partial charge < -0.3 is 5.32 Å². The first-order chi connectivity index (χ1) is 7.58. The SMILES string of the molecule is Cl.O=S(=O)(Cc1ccc(Cl)nc1)C1CCNC1. The minimum absolute atomic E-state index is 0. The highest BCUT2D eigenvalue weighted by Crippen LogP contribution is 2.16. The summed E-state index contributed by atoms with van der Waals surface area (Å²) in [6.45, 7) is 1.34. The Kier molecular flexibility index (Phi) is 5.19. The summed E-state index contributed by atoms with van der Waals surface area (Å²) in [5.74, 6) is 0.0452. The summed E-state index contributed by atoms with van der Waals surface area (Å²) >= 11 is 5.64. The molecule has 2 rings (SSSR count). The van der Waals surface area contributed by atoms with Gasteiger partial charge in [-0.05, 0) is 24.6 Å². The first-order valence-corrected chi connectivity index (χ1v) is 7.20. The van der Waals surface area contributed by atoms with Gasteiger partial charge in [-0.15, -0.1) is 12.4 Å². The van der Waals surface area contributed by atoms with Crippen LogP contribution < -0.4 is 5.32 Å². The van der Waals surface area contributed by atoms with Gasteiger partial charge in [-0.3, -0.25) is 0 Å². The molecule has 7 heteroatoms.